The Labute approximate surface area is 228 Å². The van der Waals surface area contributed by atoms with Gasteiger partial charge in [0.05, 0.1) is 21.9 Å². The Hall–Kier alpha value is -2.38. The van der Waals surface area contributed by atoms with E-state index < -0.39 is 41.4 Å². The van der Waals surface area contributed by atoms with Gasteiger partial charge in [0.15, 0.2) is 5.78 Å². The van der Waals surface area contributed by atoms with Gasteiger partial charge in [0.1, 0.15) is 6.04 Å². The molecule has 2 aromatic carbocycles. The molecule has 2 aromatic rings. The summed E-state index contributed by atoms with van der Waals surface area (Å²) >= 11 is 24.2. The second kappa shape index (κ2) is 10.9. The second-order valence-corrected chi connectivity index (χ2v) is 10.4. The van der Waals surface area contributed by atoms with Gasteiger partial charge in [-0.2, -0.15) is 5.01 Å². The molecule has 1 aliphatic heterocycles. The number of carbonyl (C=O) groups is 4. The Morgan fingerprint density at radius 2 is 1.67 bits per heavy atom. The highest BCUT2D eigenvalue weighted by atomic mass is 35.5. The number of rotatable bonds is 7. The highest BCUT2D eigenvalue weighted by Gasteiger charge is 2.54. The predicted octanol–water partition coefficient (Wildman–Crippen LogP) is 6.08. The number of carbonyl (C=O) groups excluding carboxylic acids is 4. The lowest BCUT2D eigenvalue weighted by molar-refractivity contribution is -0.156. The lowest BCUT2D eigenvalue weighted by atomic mass is 9.78. The maximum Gasteiger partial charge on any atom is 0.273 e. The first-order valence-electron chi connectivity index (χ1n) is 11.3. The van der Waals surface area contributed by atoms with E-state index in [0.717, 1.165) is 10.0 Å². The number of ketones is 1. The fraction of sp³-hybridized carbons (Fsp3) is 0.308. The van der Waals surface area contributed by atoms with Crippen molar-refractivity contribution in [2.75, 3.05) is 5.88 Å². The topological polar surface area (TPSA) is 74.8 Å². The molecule has 0 spiro atoms. The van der Waals surface area contributed by atoms with Crippen LogP contribution < -0.4 is 0 Å². The van der Waals surface area contributed by atoms with Gasteiger partial charge in [-0.05, 0) is 61.2 Å². The molecule has 6 nitrogen and oxygen atoms in total. The molecule has 0 aromatic heterocycles. The maximum atomic E-state index is 13.9. The lowest BCUT2D eigenvalue weighted by Gasteiger charge is -2.36. The van der Waals surface area contributed by atoms with E-state index in [1.807, 2.05) is 19.1 Å². The van der Waals surface area contributed by atoms with Crippen LogP contribution in [-0.2, 0) is 9.59 Å². The summed E-state index contributed by atoms with van der Waals surface area (Å²) in [5.74, 6) is -3.74. The van der Waals surface area contributed by atoms with Gasteiger partial charge in [0.25, 0.3) is 17.7 Å². The summed E-state index contributed by atoms with van der Waals surface area (Å²) in [6.45, 7) is 1.85. The minimum atomic E-state index is -1.23. The number of hydrogen-bond donors (Lipinski definition) is 0. The van der Waals surface area contributed by atoms with Crippen molar-refractivity contribution in [1.29, 1.82) is 0 Å². The van der Waals surface area contributed by atoms with E-state index in [-0.39, 0.29) is 39.4 Å². The average Bonchev–Trinajstić information content (AvgIpc) is 3.11. The quantitative estimate of drug-likeness (QED) is 0.176. The average molecular weight is 568 g/mol. The van der Waals surface area contributed by atoms with Gasteiger partial charge in [-0.15, -0.1) is 11.6 Å². The SMILES string of the molecule is C[C@@H]1C=CC[C@@H]2C(=O)N(N(C(=O)c3ccc(Cl)c(Cl)c3)[C@@H](CCCl)C(=O)c3ccc(Cl)cc3)C(=O)[C@H]12. The number of hydrazine groups is 1. The Balaban J connectivity index is 1.83. The Bertz CT molecular complexity index is 1250. The third-order valence-electron chi connectivity index (χ3n) is 6.55. The molecular formula is C26H22Cl4N2O4. The molecule has 0 saturated carbocycles. The molecule has 188 valence electrons. The van der Waals surface area contributed by atoms with Gasteiger partial charge < -0.3 is 0 Å². The lowest BCUT2D eigenvalue weighted by Crippen LogP contribution is -2.57. The zero-order valence-electron chi connectivity index (χ0n) is 19.2. The molecule has 3 amide bonds. The van der Waals surface area contributed by atoms with E-state index in [4.69, 9.17) is 46.4 Å². The van der Waals surface area contributed by atoms with Crippen molar-refractivity contribution in [2.24, 2.45) is 17.8 Å². The van der Waals surface area contributed by atoms with E-state index in [0.29, 0.717) is 11.4 Å². The van der Waals surface area contributed by atoms with Crippen LogP contribution in [0.15, 0.2) is 54.6 Å². The first-order chi connectivity index (χ1) is 17.1. The number of hydrogen-bond acceptors (Lipinski definition) is 4. The van der Waals surface area contributed by atoms with E-state index in [9.17, 15) is 19.2 Å². The first-order valence-corrected chi connectivity index (χ1v) is 13.0. The summed E-state index contributed by atoms with van der Waals surface area (Å²) in [7, 11) is 0. The van der Waals surface area contributed by atoms with Crippen molar-refractivity contribution in [3.8, 4) is 0 Å². The summed E-state index contributed by atoms with van der Waals surface area (Å²) in [5.41, 5.74) is 0.322. The van der Waals surface area contributed by atoms with E-state index in [1.54, 1.807) is 12.1 Å². The van der Waals surface area contributed by atoms with Crippen LogP contribution in [0.5, 0.6) is 0 Å². The van der Waals surface area contributed by atoms with Crippen LogP contribution in [0, 0.1) is 17.8 Å². The standard InChI is InChI=1S/C26H22Cl4N2O4/c1-14-3-2-4-18-22(14)26(36)32(25(18)35)31(24(34)16-7-10-19(29)20(30)13-16)21(11-12-27)23(33)15-5-8-17(28)9-6-15/h2-3,5-10,13-14,18,21-22H,4,11-12H2,1H3/t14-,18+,21+,22-/m1/s1. The van der Waals surface area contributed by atoms with Gasteiger partial charge in [0.2, 0.25) is 0 Å². The number of Topliss-reactive ketones (excluding diaryl/α,β-unsaturated/α-hetero) is 1. The van der Waals surface area contributed by atoms with E-state index in [2.05, 4.69) is 0 Å². The van der Waals surface area contributed by atoms with Crippen LogP contribution in [-0.4, -0.2) is 45.4 Å². The van der Waals surface area contributed by atoms with Gasteiger partial charge in [0, 0.05) is 22.0 Å². The molecule has 0 radical (unpaired) electrons. The number of alkyl halides is 1. The second-order valence-electron chi connectivity index (χ2n) is 8.79. The molecule has 4 atom stereocenters. The molecule has 4 rings (SSSR count). The molecule has 1 saturated heterocycles. The van der Waals surface area contributed by atoms with E-state index in [1.165, 1.54) is 30.3 Å². The van der Waals surface area contributed by atoms with Crippen LogP contribution in [0.1, 0.15) is 40.5 Å². The molecular weight excluding hydrogens is 546 g/mol. The zero-order chi connectivity index (χ0) is 26.1. The molecule has 2 aliphatic rings. The molecule has 0 N–H and O–H groups in total. The van der Waals surface area contributed by atoms with Crippen LogP contribution in [0.4, 0.5) is 0 Å². The van der Waals surface area contributed by atoms with Crippen molar-refractivity contribution in [3.63, 3.8) is 0 Å². The third kappa shape index (κ3) is 4.92. The fourth-order valence-electron chi connectivity index (χ4n) is 4.75. The monoisotopic (exact) mass is 566 g/mol. The minimum absolute atomic E-state index is 0.00370. The van der Waals surface area contributed by atoms with Crippen molar-refractivity contribution < 1.29 is 19.2 Å². The van der Waals surface area contributed by atoms with Crippen molar-refractivity contribution >= 4 is 69.9 Å². The van der Waals surface area contributed by atoms with Crippen molar-refractivity contribution in [3.05, 3.63) is 80.8 Å². The highest BCUT2D eigenvalue weighted by molar-refractivity contribution is 6.42. The normalized spacial score (nSPS) is 21.9. The Kier molecular flexibility index (Phi) is 8.10. The van der Waals surface area contributed by atoms with Crippen LogP contribution in [0.25, 0.3) is 0 Å². The number of nitrogens with zero attached hydrogens (tertiary/aromatic N) is 2. The molecule has 10 heteroatoms. The highest BCUT2D eigenvalue weighted by Crippen LogP contribution is 2.40. The Morgan fingerprint density at radius 3 is 2.28 bits per heavy atom. The van der Waals surface area contributed by atoms with Crippen LogP contribution in [0.2, 0.25) is 15.1 Å². The molecule has 0 unspecified atom stereocenters. The number of benzene rings is 2. The molecule has 1 heterocycles. The van der Waals surface area contributed by atoms with Gasteiger partial charge >= 0.3 is 0 Å². The number of amides is 3. The Morgan fingerprint density at radius 1 is 1.00 bits per heavy atom. The largest absolute Gasteiger partial charge is 0.292 e. The number of imide groups is 1. The number of fused-ring (bicyclic) bond motifs is 1. The van der Waals surface area contributed by atoms with E-state index >= 15 is 0 Å². The predicted molar refractivity (Wildman–Crippen MR) is 139 cm³/mol. The summed E-state index contributed by atoms with van der Waals surface area (Å²) in [6.07, 6.45) is 4.11. The zero-order valence-corrected chi connectivity index (χ0v) is 22.2. The molecule has 1 fully saturated rings. The number of halogens is 4. The summed E-state index contributed by atoms with van der Waals surface area (Å²) in [6, 6.07) is 9.11. The third-order valence-corrected chi connectivity index (χ3v) is 7.76. The fourth-order valence-corrected chi connectivity index (χ4v) is 5.38. The summed E-state index contributed by atoms with van der Waals surface area (Å²) < 4.78 is 0. The maximum absolute atomic E-state index is 13.9. The van der Waals surface area contributed by atoms with Crippen LogP contribution >= 0.6 is 46.4 Å². The van der Waals surface area contributed by atoms with Crippen molar-refractivity contribution in [1.82, 2.24) is 10.0 Å². The molecule has 36 heavy (non-hydrogen) atoms. The summed E-state index contributed by atoms with van der Waals surface area (Å²) in [4.78, 5) is 54.8. The van der Waals surface area contributed by atoms with Gasteiger partial charge in [-0.1, -0.05) is 53.9 Å². The van der Waals surface area contributed by atoms with Crippen molar-refractivity contribution in [2.45, 2.75) is 25.8 Å². The van der Waals surface area contributed by atoms with Gasteiger partial charge in [-0.25, -0.2) is 5.01 Å². The summed E-state index contributed by atoms with van der Waals surface area (Å²) in [5, 5.41) is 2.57. The van der Waals surface area contributed by atoms with Crippen LogP contribution in [0.3, 0.4) is 0 Å². The van der Waals surface area contributed by atoms with Gasteiger partial charge in [-0.3, -0.25) is 19.2 Å². The first kappa shape index (κ1) is 26.7. The molecule has 0 bridgehead atoms. The smallest absolute Gasteiger partial charge is 0.273 e. The molecule has 1 aliphatic carbocycles. The number of allylic oxidation sites excluding steroid dienone is 2. The minimum Gasteiger partial charge on any atom is -0.292 e.